The molecule has 0 saturated heterocycles. The van der Waals surface area contributed by atoms with E-state index >= 15 is 0 Å². The van der Waals surface area contributed by atoms with Crippen LogP contribution in [0.1, 0.15) is 35.6 Å². The highest BCUT2D eigenvalue weighted by molar-refractivity contribution is 9.10. The molecule has 1 heterocycles. The van der Waals surface area contributed by atoms with Crippen LogP contribution in [-0.4, -0.2) is 28.3 Å². The molecule has 0 spiro atoms. The lowest BCUT2D eigenvalue weighted by Gasteiger charge is -2.03. The molecule has 0 N–H and O–H groups in total. The van der Waals surface area contributed by atoms with Crippen molar-refractivity contribution >= 4 is 27.8 Å². The Morgan fingerprint density at radius 1 is 1.53 bits per heavy atom. The average molecular weight is 275 g/mol. The van der Waals surface area contributed by atoms with E-state index in [0.717, 1.165) is 4.68 Å². The van der Waals surface area contributed by atoms with Crippen molar-refractivity contribution in [3.8, 4) is 0 Å². The van der Waals surface area contributed by atoms with Crippen molar-refractivity contribution in [3.05, 3.63) is 16.4 Å². The SMILES string of the molecule is CCOC(=O)c1cc(Br)nn1C(=O)CC. The zero-order valence-corrected chi connectivity index (χ0v) is 10.1. The molecule has 15 heavy (non-hydrogen) atoms. The van der Waals surface area contributed by atoms with Crippen LogP contribution in [0.2, 0.25) is 0 Å². The van der Waals surface area contributed by atoms with E-state index in [4.69, 9.17) is 4.74 Å². The van der Waals surface area contributed by atoms with Crippen LogP contribution in [0.5, 0.6) is 0 Å². The number of carbonyl (C=O) groups is 2. The molecule has 0 aliphatic rings. The van der Waals surface area contributed by atoms with E-state index in [-0.39, 0.29) is 24.6 Å². The lowest BCUT2D eigenvalue weighted by Crippen LogP contribution is -2.19. The van der Waals surface area contributed by atoms with E-state index in [1.165, 1.54) is 6.07 Å². The fourth-order valence-electron chi connectivity index (χ4n) is 1.04. The van der Waals surface area contributed by atoms with Gasteiger partial charge in [-0.25, -0.2) is 4.79 Å². The second-order valence-corrected chi connectivity index (χ2v) is 3.54. The summed E-state index contributed by atoms with van der Waals surface area (Å²) in [6.45, 7) is 3.67. The summed E-state index contributed by atoms with van der Waals surface area (Å²) in [5.41, 5.74) is 0.149. The molecule has 5 nitrogen and oxygen atoms in total. The summed E-state index contributed by atoms with van der Waals surface area (Å²) in [6.07, 6.45) is 0.278. The number of halogens is 1. The molecule has 0 saturated carbocycles. The first-order chi connectivity index (χ1) is 7.10. The first kappa shape index (κ1) is 11.9. The topological polar surface area (TPSA) is 61.2 Å². The molecule has 0 bridgehead atoms. The number of nitrogens with zero attached hydrogens (tertiary/aromatic N) is 2. The van der Waals surface area contributed by atoms with Gasteiger partial charge in [-0.15, -0.1) is 0 Å². The number of aromatic nitrogens is 2. The van der Waals surface area contributed by atoms with Gasteiger partial charge in [0.2, 0.25) is 5.91 Å². The minimum absolute atomic E-state index is 0.149. The molecule has 6 heteroatoms. The lowest BCUT2D eigenvalue weighted by atomic mass is 10.4. The van der Waals surface area contributed by atoms with Crippen molar-refractivity contribution in [1.82, 2.24) is 9.78 Å². The summed E-state index contributed by atoms with van der Waals surface area (Å²) in [6, 6.07) is 1.46. The number of ether oxygens (including phenoxy) is 1. The van der Waals surface area contributed by atoms with Gasteiger partial charge in [-0.1, -0.05) is 6.92 Å². The van der Waals surface area contributed by atoms with Crippen molar-refractivity contribution in [1.29, 1.82) is 0 Å². The summed E-state index contributed by atoms with van der Waals surface area (Å²) >= 11 is 3.11. The third kappa shape index (κ3) is 2.65. The maximum atomic E-state index is 11.4. The van der Waals surface area contributed by atoms with Gasteiger partial charge in [0.15, 0.2) is 5.69 Å². The van der Waals surface area contributed by atoms with E-state index in [9.17, 15) is 9.59 Å². The van der Waals surface area contributed by atoms with Crippen LogP contribution in [0.25, 0.3) is 0 Å². The van der Waals surface area contributed by atoms with E-state index in [2.05, 4.69) is 21.0 Å². The number of hydrogen-bond acceptors (Lipinski definition) is 4. The fourth-order valence-corrected chi connectivity index (χ4v) is 1.42. The number of carbonyl (C=O) groups excluding carboxylic acids is 2. The third-order valence-corrected chi connectivity index (χ3v) is 2.09. The average Bonchev–Trinajstić information content (AvgIpc) is 2.59. The Hall–Kier alpha value is -1.17. The molecule has 0 fully saturated rings. The van der Waals surface area contributed by atoms with Crippen molar-refractivity contribution in [3.63, 3.8) is 0 Å². The van der Waals surface area contributed by atoms with Crippen molar-refractivity contribution < 1.29 is 14.3 Å². The minimum Gasteiger partial charge on any atom is -0.461 e. The van der Waals surface area contributed by atoms with Crippen LogP contribution in [0, 0.1) is 0 Å². The summed E-state index contributed by atoms with van der Waals surface area (Å²) < 4.78 is 6.30. The molecule has 82 valence electrons. The zero-order chi connectivity index (χ0) is 11.4. The van der Waals surface area contributed by atoms with Crippen LogP contribution >= 0.6 is 15.9 Å². The van der Waals surface area contributed by atoms with Crippen molar-refractivity contribution in [2.45, 2.75) is 20.3 Å². The molecule has 1 aromatic rings. The number of rotatable bonds is 3. The second-order valence-electron chi connectivity index (χ2n) is 2.73. The van der Waals surface area contributed by atoms with Crippen molar-refractivity contribution in [2.24, 2.45) is 0 Å². The van der Waals surface area contributed by atoms with Crippen molar-refractivity contribution in [2.75, 3.05) is 6.61 Å². The highest BCUT2D eigenvalue weighted by atomic mass is 79.9. The van der Waals surface area contributed by atoms with Crippen LogP contribution in [0.15, 0.2) is 10.7 Å². The number of hydrogen-bond donors (Lipinski definition) is 0. The van der Waals surface area contributed by atoms with Gasteiger partial charge in [0.05, 0.1) is 6.61 Å². The normalized spacial score (nSPS) is 10.1. The Morgan fingerprint density at radius 2 is 2.20 bits per heavy atom. The predicted molar refractivity (Wildman–Crippen MR) is 56.8 cm³/mol. The van der Waals surface area contributed by atoms with E-state index in [1.807, 2.05) is 0 Å². The fraction of sp³-hybridized carbons (Fsp3) is 0.444. The zero-order valence-electron chi connectivity index (χ0n) is 8.49. The maximum Gasteiger partial charge on any atom is 0.357 e. The molecule has 0 atom stereocenters. The maximum absolute atomic E-state index is 11.4. The molecular weight excluding hydrogens is 264 g/mol. The smallest absolute Gasteiger partial charge is 0.357 e. The molecule has 1 aromatic heterocycles. The molecule has 0 aromatic carbocycles. The molecule has 0 aliphatic carbocycles. The van der Waals surface area contributed by atoms with Gasteiger partial charge < -0.3 is 4.74 Å². The Labute approximate surface area is 95.5 Å². The second kappa shape index (κ2) is 5.06. The summed E-state index contributed by atoms with van der Waals surface area (Å²) in [5, 5.41) is 3.87. The molecule has 0 amide bonds. The Balaban J connectivity index is 3.06. The summed E-state index contributed by atoms with van der Waals surface area (Å²) in [5.74, 6) is -0.791. The van der Waals surface area contributed by atoms with E-state index in [1.54, 1.807) is 13.8 Å². The van der Waals surface area contributed by atoms with Gasteiger partial charge >= 0.3 is 5.97 Å². The lowest BCUT2D eigenvalue weighted by molar-refractivity contribution is 0.0505. The van der Waals surface area contributed by atoms with Gasteiger partial charge in [-0.05, 0) is 22.9 Å². The van der Waals surface area contributed by atoms with Crippen LogP contribution in [0.4, 0.5) is 0 Å². The van der Waals surface area contributed by atoms with Gasteiger partial charge in [-0.2, -0.15) is 9.78 Å². The van der Waals surface area contributed by atoms with Crippen LogP contribution in [0.3, 0.4) is 0 Å². The van der Waals surface area contributed by atoms with E-state index in [0.29, 0.717) is 4.60 Å². The number of esters is 1. The molecule has 0 radical (unpaired) electrons. The molecule has 1 rings (SSSR count). The highest BCUT2D eigenvalue weighted by Crippen LogP contribution is 2.12. The first-order valence-corrected chi connectivity index (χ1v) is 5.35. The third-order valence-electron chi connectivity index (χ3n) is 1.70. The Bertz CT molecular complexity index is 387. The Kier molecular flexibility index (Phi) is 4.02. The summed E-state index contributed by atoms with van der Waals surface area (Å²) in [7, 11) is 0. The quantitative estimate of drug-likeness (QED) is 0.790. The largest absolute Gasteiger partial charge is 0.461 e. The van der Waals surface area contributed by atoms with E-state index < -0.39 is 5.97 Å². The van der Waals surface area contributed by atoms with Gasteiger partial charge in [0.25, 0.3) is 0 Å². The molecular formula is C9H11BrN2O3. The minimum atomic E-state index is -0.544. The van der Waals surface area contributed by atoms with Gasteiger partial charge in [0.1, 0.15) is 4.60 Å². The highest BCUT2D eigenvalue weighted by Gasteiger charge is 2.19. The van der Waals surface area contributed by atoms with Crippen LogP contribution in [-0.2, 0) is 4.74 Å². The van der Waals surface area contributed by atoms with Crippen LogP contribution < -0.4 is 0 Å². The van der Waals surface area contributed by atoms with Gasteiger partial charge in [-0.3, -0.25) is 4.79 Å². The first-order valence-electron chi connectivity index (χ1n) is 4.56. The molecule has 0 unspecified atom stereocenters. The Morgan fingerprint density at radius 3 is 2.73 bits per heavy atom. The van der Waals surface area contributed by atoms with Gasteiger partial charge in [0, 0.05) is 12.5 Å². The standard InChI is InChI=1S/C9H11BrN2O3/c1-3-8(13)12-6(5-7(10)11-12)9(14)15-4-2/h5H,3-4H2,1-2H3. The monoisotopic (exact) mass is 274 g/mol. The summed E-state index contributed by atoms with van der Waals surface area (Å²) in [4.78, 5) is 22.9. The molecule has 0 aliphatic heterocycles. The predicted octanol–water partition coefficient (Wildman–Crippen LogP) is 1.87.